The Hall–Kier alpha value is -5.04. The standard InChI is InChI=1S/C29H18O7/c1-17-16-28(26-11-10-23(34-26)22-8-6-20(32-22)18-4-2-14-30-18)36-29(17)27-13-12-25(35-27)24-9-7-21(33-24)19-5-3-15-31-19/h2-16H,1H3. The molecule has 0 saturated heterocycles. The van der Waals surface area contributed by atoms with E-state index in [2.05, 4.69) is 0 Å². The zero-order valence-corrected chi connectivity index (χ0v) is 19.0. The van der Waals surface area contributed by atoms with Gasteiger partial charge in [0.15, 0.2) is 69.1 Å². The van der Waals surface area contributed by atoms with Crippen LogP contribution in [0.4, 0.5) is 0 Å². The van der Waals surface area contributed by atoms with Gasteiger partial charge in [-0.25, -0.2) is 0 Å². The van der Waals surface area contributed by atoms with E-state index in [1.54, 1.807) is 12.5 Å². The molecule has 0 N–H and O–H groups in total. The Morgan fingerprint density at radius 3 is 1.22 bits per heavy atom. The fraction of sp³-hybridized carbons (Fsp3) is 0.0345. The minimum absolute atomic E-state index is 0.580. The predicted octanol–water partition coefficient (Wildman–Crippen LogP) is 9.15. The first-order valence-electron chi connectivity index (χ1n) is 11.3. The highest BCUT2D eigenvalue weighted by atomic mass is 16.4. The molecule has 7 heterocycles. The van der Waals surface area contributed by atoms with Crippen molar-refractivity contribution in [1.82, 2.24) is 0 Å². The third-order valence-electron chi connectivity index (χ3n) is 5.82. The van der Waals surface area contributed by atoms with Crippen LogP contribution in [-0.4, -0.2) is 0 Å². The molecule has 7 rings (SSSR count). The number of hydrogen-bond acceptors (Lipinski definition) is 7. The molecule has 0 aromatic carbocycles. The van der Waals surface area contributed by atoms with Gasteiger partial charge in [0.25, 0.3) is 0 Å². The van der Waals surface area contributed by atoms with Crippen molar-refractivity contribution in [2.24, 2.45) is 0 Å². The summed E-state index contributed by atoms with van der Waals surface area (Å²) in [5.74, 6) is 7.31. The van der Waals surface area contributed by atoms with Crippen molar-refractivity contribution in [3.63, 3.8) is 0 Å². The molecule has 7 nitrogen and oxygen atoms in total. The van der Waals surface area contributed by atoms with Crippen LogP contribution < -0.4 is 0 Å². The van der Waals surface area contributed by atoms with Gasteiger partial charge >= 0.3 is 0 Å². The normalized spacial score (nSPS) is 11.5. The van der Waals surface area contributed by atoms with E-state index in [1.807, 2.05) is 85.8 Å². The molecule has 36 heavy (non-hydrogen) atoms. The van der Waals surface area contributed by atoms with Gasteiger partial charge in [-0.05, 0) is 91.3 Å². The Bertz CT molecular complexity index is 1740. The lowest BCUT2D eigenvalue weighted by Crippen LogP contribution is -1.71. The van der Waals surface area contributed by atoms with Crippen LogP contribution in [0.1, 0.15) is 5.56 Å². The van der Waals surface area contributed by atoms with Gasteiger partial charge in [-0.1, -0.05) is 0 Å². The number of aryl methyl sites for hydroxylation is 1. The van der Waals surface area contributed by atoms with Crippen molar-refractivity contribution in [1.29, 1.82) is 0 Å². The summed E-state index contributed by atoms with van der Waals surface area (Å²) in [4.78, 5) is 0. The van der Waals surface area contributed by atoms with Crippen molar-refractivity contribution in [3.05, 3.63) is 97.0 Å². The number of furan rings is 7. The second kappa shape index (κ2) is 8.02. The molecule has 0 aliphatic rings. The van der Waals surface area contributed by atoms with Crippen molar-refractivity contribution in [2.75, 3.05) is 0 Å². The van der Waals surface area contributed by atoms with Crippen LogP contribution in [0, 0.1) is 6.92 Å². The Labute approximate surface area is 204 Å². The Morgan fingerprint density at radius 1 is 0.389 bits per heavy atom. The molecule has 7 heteroatoms. The highest BCUT2D eigenvalue weighted by molar-refractivity contribution is 5.67. The molecule has 0 amide bonds. The molecule has 0 unspecified atom stereocenters. The second-order valence-corrected chi connectivity index (χ2v) is 8.23. The first kappa shape index (κ1) is 20.3. The average molecular weight is 478 g/mol. The first-order chi connectivity index (χ1) is 17.7. The van der Waals surface area contributed by atoms with E-state index in [-0.39, 0.29) is 0 Å². The molecule has 0 aliphatic heterocycles. The molecule has 0 atom stereocenters. The van der Waals surface area contributed by atoms with Gasteiger partial charge in [-0.3, -0.25) is 0 Å². The van der Waals surface area contributed by atoms with Crippen LogP contribution in [0.2, 0.25) is 0 Å². The summed E-state index contributed by atoms with van der Waals surface area (Å²) in [6, 6.07) is 24.0. The van der Waals surface area contributed by atoms with Gasteiger partial charge < -0.3 is 30.9 Å². The minimum atomic E-state index is 0.580. The fourth-order valence-corrected chi connectivity index (χ4v) is 4.09. The summed E-state index contributed by atoms with van der Waals surface area (Å²) >= 11 is 0. The third kappa shape index (κ3) is 3.45. The van der Waals surface area contributed by atoms with Crippen LogP contribution in [0.25, 0.3) is 69.1 Å². The lowest BCUT2D eigenvalue weighted by molar-refractivity contribution is 0.491. The number of hydrogen-bond donors (Lipinski definition) is 0. The summed E-state index contributed by atoms with van der Waals surface area (Å²) < 4.78 is 40.8. The van der Waals surface area contributed by atoms with Gasteiger partial charge in [-0.2, -0.15) is 0 Å². The predicted molar refractivity (Wildman–Crippen MR) is 130 cm³/mol. The molecule has 0 aliphatic carbocycles. The molecule has 7 aromatic rings. The minimum Gasteiger partial charge on any atom is -0.461 e. The first-order valence-corrected chi connectivity index (χ1v) is 11.3. The summed E-state index contributed by atoms with van der Waals surface area (Å²) in [7, 11) is 0. The van der Waals surface area contributed by atoms with Crippen LogP contribution >= 0.6 is 0 Å². The third-order valence-corrected chi connectivity index (χ3v) is 5.82. The molecule has 7 aromatic heterocycles. The summed E-state index contributed by atoms with van der Waals surface area (Å²) in [6.45, 7) is 1.96. The van der Waals surface area contributed by atoms with E-state index in [0.717, 1.165) is 5.56 Å². The van der Waals surface area contributed by atoms with E-state index in [4.69, 9.17) is 30.9 Å². The van der Waals surface area contributed by atoms with E-state index >= 15 is 0 Å². The smallest absolute Gasteiger partial charge is 0.173 e. The van der Waals surface area contributed by atoms with Gasteiger partial charge in [-0.15, -0.1) is 0 Å². The highest BCUT2D eigenvalue weighted by Gasteiger charge is 2.20. The Kier molecular flexibility index (Phi) is 4.53. The molecule has 0 fully saturated rings. The van der Waals surface area contributed by atoms with Crippen LogP contribution in [-0.2, 0) is 0 Å². The zero-order valence-electron chi connectivity index (χ0n) is 19.0. The Morgan fingerprint density at radius 2 is 0.778 bits per heavy atom. The van der Waals surface area contributed by atoms with E-state index < -0.39 is 0 Å². The van der Waals surface area contributed by atoms with Crippen molar-refractivity contribution < 1.29 is 30.9 Å². The summed E-state index contributed by atoms with van der Waals surface area (Å²) in [5.41, 5.74) is 0.915. The maximum atomic E-state index is 6.13. The van der Waals surface area contributed by atoms with E-state index in [0.29, 0.717) is 69.1 Å². The molecular formula is C29H18O7. The van der Waals surface area contributed by atoms with E-state index in [1.165, 1.54) is 0 Å². The second-order valence-electron chi connectivity index (χ2n) is 8.23. The van der Waals surface area contributed by atoms with Gasteiger partial charge in [0.2, 0.25) is 0 Å². The van der Waals surface area contributed by atoms with Crippen LogP contribution in [0.3, 0.4) is 0 Å². The van der Waals surface area contributed by atoms with Crippen molar-refractivity contribution in [2.45, 2.75) is 6.92 Å². The molecule has 0 radical (unpaired) electrons. The topological polar surface area (TPSA) is 92.0 Å². The lowest BCUT2D eigenvalue weighted by Gasteiger charge is -1.95. The fourth-order valence-electron chi connectivity index (χ4n) is 4.09. The maximum absolute atomic E-state index is 6.13. The lowest BCUT2D eigenvalue weighted by atomic mass is 10.2. The highest BCUT2D eigenvalue weighted by Crippen LogP contribution is 2.38. The molecule has 0 bridgehead atoms. The SMILES string of the molecule is Cc1cc(-c2ccc(-c3ccc(-c4ccco4)o3)o2)oc1-c1ccc(-c2ccc(-c3ccco3)o2)o1. The molecule has 176 valence electrons. The average Bonchev–Trinajstić information content (AvgIpc) is 3.74. The monoisotopic (exact) mass is 478 g/mol. The quantitative estimate of drug-likeness (QED) is 0.235. The summed E-state index contributed by atoms with van der Waals surface area (Å²) in [6.07, 6.45) is 3.21. The maximum Gasteiger partial charge on any atom is 0.173 e. The van der Waals surface area contributed by atoms with Crippen molar-refractivity contribution in [3.8, 4) is 69.1 Å². The number of rotatable bonds is 6. The van der Waals surface area contributed by atoms with Gasteiger partial charge in [0, 0.05) is 0 Å². The Balaban J connectivity index is 1.14. The van der Waals surface area contributed by atoms with Crippen molar-refractivity contribution >= 4 is 0 Å². The van der Waals surface area contributed by atoms with E-state index in [9.17, 15) is 0 Å². The zero-order chi connectivity index (χ0) is 24.1. The largest absolute Gasteiger partial charge is 0.461 e. The van der Waals surface area contributed by atoms with Gasteiger partial charge in [0.1, 0.15) is 0 Å². The molecule has 0 spiro atoms. The van der Waals surface area contributed by atoms with Gasteiger partial charge in [0.05, 0.1) is 12.5 Å². The molecule has 0 saturated carbocycles. The van der Waals surface area contributed by atoms with Crippen LogP contribution in [0.5, 0.6) is 0 Å². The summed E-state index contributed by atoms with van der Waals surface area (Å²) in [5, 5.41) is 0. The molecular weight excluding hydrogens is 460 g/mol. The van der Waals surface area contributed by atoms with Crippen LogP contribution in [0.15, 0.2) is 122 Å².